The van der Waals surface area contributed by atoms with Crippen LogP contribution in [-0.2, 0) is 17.9 Å². The van der Waals surface area contributed by atoms with E-state index in [9.17, 15) is 4.79 Å². The van der Waals surface area contributed by atoms with Crippen LogP contribution < -0.4 is 5.73 Å². The molecule has 3 nitrogen and oxygen atoms in total. The fourth-order valence-corrected chi connectivity index (χ4v) is 1.79. The number of hydrogen-bond donors (Lipinski definition) is 1. The Morgan fingerprint density at radius 2 is 1.72 bits per heavy atom. The normalized spacial score (nSPS) is 11.4. The Morgan fingerprint density at radius 1 is 1.22 bits per heavy atom. The molecular formula is C15H24N2O. The molecule has 0 radical (unpaired) electrons. The van der Waals surface area contributed by atoms with Crippen molar-refractivity contribution in [1.29, 1.82) is 0 Å². The van der Waals surface area contributed by atoms with Crippen LogP contribution in [0.1, 0.15) is 38.3 Å². The lowest BCUT2D eigenvalue weighted by atomic mass is 9.88. The molecule has 0 spiro atoms. The van der Waals surface area contributed by atoms with Crippen molar-refractivity contribution in [1.82, 2.24) is 4.90 Å². The molecule has 1 amide bonds. The first-order chi connectivity index (χ1) is 8.40. The molecule has 1 aromatic rings. The van der Waals surface area contributed by atoms with Crippen molar-refractivity contribution in [2.45, 2.75) is 40.3 Å². The summed E-state index contributed by atoms with van der Waals surface area (Å²) in [7, 11) is 1.86. The van der Waals surface area contributed by atoms with Gasteiger partial charge >= 0.3 is 0 Å². The van der Waals surface area contributed by atoms with Gasteiger partial charge in [-0.3, -0.25) is 4.79 Å². The monoisotopic (exact) mass is 248 g/mol. The highest BCUT2D eigenvalue weighted by Gasteiger charge is 2.28. The Kier molecular flexibility index (Phi) is 4.91. The SMILES string of the molecule is CCC(C)(C)C(=O)N(C)Cc1ccc(CN)cc1. The molecule has 0 aliphatic carbocycles. The van der Waals surface area contributed by atoms with Gasteiger partial charge in [-0.25, -0.2) is 0 Å². The third kappa shape index (κ3) is 3.57. The second-order valence-electron chi connectivity index (χ2n) is 5.42. The van der Waals surface area contributed by atoms with Crippen LogP contribution in [0.25, 0.3) is 0 Å². The number of rotatable bonds is 5. The molecule has 100 valence electrons. The summed E-state index contributed by atoms with van der Waals surface area (Å²) in [4.78, 5) is 14.0. The summed E-state index contributed by atoms with van der Waals surface area (Å²) in [6.45, 7) is 7.22. The second kappa shape index (κ2) is 6.01. The van der Waals surface area contributed by atoms with Crippen LogP contribution in [0.2, 0.25) is 0 Å². The van der Waals surface area contributed by atoms with Crippen molar-refractivity contribution in [3.63, 3.8) is 0 Å². The number of nitrogens with zero attached hydrogens (tertiary/aromatic N) is 1. The lowest BCUT2D eigenvalue weighted by molar-refractivity contribution is -0.139. The van der Waals surface area contributed by atoms with E-state index < -0.39 is 0 Å². The molecule has 0 saturated carbocycles. The van der Waals surface area contributed by atoms with Crippen LogP contribution in [0, 0.1) is 5.41 Å². The highest BCUT2D eigenvalue weighted by molar-refractivity contribution is 5.81. The van der Waals surface area contributed by atoms with Crippen molar-refractivity contribution < 1.29 is 4.79 Å². The van der Waals surface area contributed by atoms with Gasteiger partial charge in [-0.15, -0.1) is 0 Å². The van der Waals surface area contributed by atoms with E-state index in [2.05, 4.69) is 0 Å². The van der Waals surface area contributed by atoms with E-state index in [1.165, 1.54) is 0 Å². The zero-order valence-electron chi connectivity index (χ0n) is 11.9. The van der Waals surface area contributed by atoms with Gasteiger partial charge in [0.25, 0.3) is 0 Å². The Balaban J connectivity index is 2.69. The minimum atomic E-state index is -0.286. The molecule has 0 atom stereocenters. The highest BCUT2D eigenvalue weighted by atomic mass is 16.2. The first kappa shape index (κ1) is 14.7. The number of nitrogens with two attached hydrogens (primary N) is 1. The highest BCUT2D eigenvalue weighted by Crippen LogP contribution is 2.23. The van der Waals surface area contributed by atoms with Gasteiger partial charge in [0.1, 0.15) is 0 Å². The summed E-state index contributed by atoms with van der Waals surface area (Å²) in [6, 6.07) is 8.09. The van der Waals surface area contributed by atoms with Crippen molar-refractivity contribution in [2.75, 3.05) is 7.05 Å². The average Bonchev–Trinajstić information content (AvgIpc) is 2.38. The molecule has 0 unspecified atom stereocenters. The number of carbonyl (C=O) groups is 1. The van der Waals surface area contributed by atoms with Gasteiger partial charge in [0.05, 0.1) is 0 Å². The van der Waals surface area contributed by atoms with E-state index in [1.807, 2.05) is 52.1 Å². The van der Waals surface area contributed by atoms with Gasteiger partial charge in [-0.1, -0.05) is 45.0 Å². The third-order valence-corrected chi connectivity index (χ3v) is 3.49. The lowest BCUT2D eigenvalue weighted by Gasteiger charge is -2.28. The molecule has 0 aliphatic heterocycles. The van der Waals surface area contributed by atoms with Crippen LogP contribution in [-0.4, -0.2) is 17.9 Å². The minimum absolute atomic E-state index is 0.188. The van der Waals surface area contributed by atoms with Gasteiger partial charge in [0.15, 0.2) is 0 Å². The molecule has 2 N–H and O–H groups in total. The molecule has 0 fully saturated rings. The maximum atomic E-state index is 12.2. The molecule has 0 bridgehead atoms. The molecular weight excluding hydrogens is 224 g/mol. The summed E-state index contributed by atoms with van der Waals surface area (Å²) in [5, 5.41) is 0. The van der Waals surface area contributed by atoms with Gasteiger partial charge in [-0.2, -0.15) is 0 Å². The Hall–Kier alpha value is -1.35. The van der Waals surface area contributed by atoms with Crippen molar-refractivity contribution in [3.8, 4) is 0 Å². The van der Waals surface area contributed by atoms with Crippen LogP contribution in [0.4, 0.5) is 0 Å². The van der Waals surface area contributed by atoms with E-state index in [0.29, 0.717) is 13.1 Å². The molecule has 0 heterocycles. The number of hydrogen-bond acceptors (Lipinski definition) is 2. The largest absolute Gasteiger partial charge is 0.341 e. The summed E-state index contributed by atoms with van der Waals surface area (Å²) in [5.41, 5.74) is 7.52. The van der Waals surface area contributed by atoms with Crippen molar-refractivity contribution in [3.05, 3.63) is 35.4 Å². The van der Waals surface area contributed by atoms with E-state index in [0.717, 1.165) is 17.5 Å². The van der Waals surface area contributed by atoms with Gasteiger partial charge < -0.3 is 10.6 Å². The van der Waals surface area contributed by atoms with E-state index in [-0.39, 0.29) is 11.3 Å². The fraction of sp³-hybridized carbons (Fsp3) is 0.533. The summed E-state index contributed by atoms with van der Waals surface area (Å²) >= 11 is 0. The topological polar surface area (TPSA) is 46.3 Å². The predicted octanol–water partition coefficient (Wildman–Crippen LogP) is 2.54. The predicted molar refractivity (Wildman–Crippen MR) is 74.9 cm³/mol. The van der Waals surface area contributed by atoms with Crippen LogP contribution in [0.5, 0.6) is 0 Å². The third-order valence-electron chi connectivity index (χ3n) is 3.49. The Bertz CT molecular complexity index is 395. The van der Waals surface area contributed by atoms with Crippen LogP contribution in [0.3, 0.4) is 0 Å². The molecule has 1 aromatic carbocycles. The number of benzene rings is 1. The van der Waals surface area contributed by atoms with Gasteiger partial charge in [-0.05, 0) is 17.5 Å². The Labute approximate surface area is 110 Å². The number of amides is 1. The summed E-state index contributed by atoms with van der Waals surface area (Å²) < 4.78 is 0. The van der Waals surface area contributed by atoms with Gasteiger partial charge in [0, 0.05) is 25.6 Å². The zero-order valence-corrected chi connectivity index (χ0v) is 11.9. The maximum absolute atomic E-state index is 12.2. The molecule has 3 heteroatoms. The lowest BCUT2D eigenvalue weighted by Crippen LogP contribution is -2.37. The average molecular weight is 248 g/mol. The smallest absolute Gasteiger partial charge is 0.228 e. The summed E-state index contributed by atoms with van der Waals surface area (Å²) in [6.07, 6.45) is 0.849. The second-order valence-corrected chi connectivity index (χ2v) is 5.42. The fourth-order valence-electron chi connectivity index (χ4n) is 1.79. The minimum Gasteiger partial charge on any atom is -0.341 e. The van der Waals surface area contributed by atoms with E-state index in [1.54, 1.807) is 4.90 Å². The Morgan fingerprint density at radius 3 is 2.17 bits per heavy atom. The first-order valence-electron chi connectivity index (χ1n) is 6.44. The van der Waals surface area contributed by atoms with Crippen molar-refractivity contribution in [2.24, 2.45) is 11.1 Å². The summed E-state index contributed by atoms with van der Waals surface area (Å²) in [5.74, 6) is 0.188. The molecule has 0 aromatic heterocycles. The van der Waals surface area contributed by atoms with E-state index >= 15 is 0 Å². The zero-order chi connectivity index (χ0) is 13.8. The standard InChI is InChI=1S/C15H24N2O/c1-5-15(2,3)14(18)17(4)11-13-8-6-12(10-16)7-9-13/h6-9H,5,10-11,16H2,1-4H3. The van der Waals surface area contributed by atoms with E-state index in [4.69, 9.17) is 5.73 Å². The molecule has 1 rings (SSSR count). The first-order valence-corrected chi connectivity index (χ1v) is 6.44. The van der Waals surface area contributed by atoms with Crippen molar-refractivity contribution >= 4 is 5.91 Å². The van der Waals surface area contributed by atoms with Crippen LogP contribution in [0.15, 0.2) is 24.3 Å². The maximum Gasteiger partial charge on any atom is 0.228 e. The van der Waals surface area contributed by atoms with Gasteiger partial charge in [0.2, 0.25) is 5.91 Å². The molecule has 0 saturated heterocycles. The quantitative estimate of drug-likeness (QED) is 0.870. The molecule has 0 aliphatic rings. The molecule has 18 heavy (non-hydrogen) atoms. The number of carbonyl (C=O) groups excluding carboxylic acids is 1. The van der Waals surface area contributed by atoms with Crippen LogP contribution >= 0.6 is 0 Å².